The van der Waals surface area contributed by atoms with Crippen molar-refractivity contribution in [2.24, 2.45) is 5.41 Å². The fourth-order valence-electron chi connectivity index (χ4n) is 4.36. The number of hydrogen-bond donors (Lipinski definition) is 1. The number of likely N-dealkylation sites (N-methyl/N-ethyl adjacent to an activating group) is 2. The van der Waals surface area contributed by atoms with Crippen LogP contribution in [0.15, 0.2) is 0 Å². The van der Waals surface area contributed by atoms with E-state index < -0.39 is 0 Å². The van der Waals surface area contributed by atoms with Crippen molar-refractivity contribution in [3.63, 3.8) is 0 Å². The average molecular weight is 282 g/mol. The van der Waals surface area contributed by atoms with E-state index in [2.05, 4.69) is 23.8 Å². The maximum Gasteiger partial charge on any atom is 0.0499 e. The Morgan fingerprint density at radius 1 is 1.15 bits per heavy atom. The molecule has 0 amide bonds. The van der Waals surface area contributed by atoms with E-state index in [1.165, 1.54) is 71.0 Å². The van der Waals surface area contributed by atoms with Crippen LogP contribution < -0.4 is 0 Å². The fraction of sp³-hybridized carbons (Fsp3) is 1.00. The van der Waals surface area contributed by atoms with Crippen molar-refractivity contribution >= 4 is 0 Å². The minimum Gasteiger partial charge on any atom is -0.396 e. The van der Waals surface area contributed by atoms with E-state index in [0.29, 0.717) is 6.61 Å². The Morgan fingerprint density at radius 2 is 1.85 bits per heavy atom. The summed E-state index contributed by atoms with van der Waals surface area (Å²) in [6.45, 7) is 7.37. The molecule has 0 aromatic carbocycles. The lowest BCUT2D eigenvalue weighted by Crippen LogP contribution is -2.44. The first-order valence-corrected chi connectivity index (χ1v) is 8.72. The van der Waals surface area contributed by atoms with E-state index in [0.717, 1.165) is 12.6 Å². The summed E-state index contributed by atoms with van der Waals surface area (Å²) in [7, 11) is 2.26. The highest BCUT2D eigenvalue weighted by atomic mass is 16.3. The molecule has 3 nitrogen and oxygen atoms in total. The van der Waals surface area contributed by atoms with Crippen LogP contribution in [0.4, 0.5) is 0 Å². The first kappa shape index (κ1) is 16.3. The van der Waals surface area contributed by atoms with Crippen LogP contribution in [0.25, 0.3) is 0 Å². The van der Waals surface area contributed by atoms with Crippen molar-refractivity contribution in [3.8, 4) is 0 Å². The second-order valence-corrected chi connectivity index (χ2v) is 7.19. The third kappa shape index (κ3) is 4.19. The molecule has 1 aliphatic carbocycles. The molecule has 1 atom stereocenters. The number of aliphatic hydroxyl groups is 1. The van der Waals surface area contributed by atoms with Gasteiger partial charge in [0.15, 0.2) is 0 Å². The molecule has 1 saturated carbocycles. The summed E-state index contributed by atoms with van der Waals surface area (Å²) in [6.07, 6.45) is 10.5. The van der Waals surface area contributed by atoms with Crippen molar-refractivity contribution in [3.05, 3.63) is 0 Å². The molecule has 1 unspecified atom stereocenters. The molecule has 0 spiro atoms. The Kier molecular flexibility index (Phi) is 6.31. The Bertz CT molecular complexity index is 274. The third-order valence-electron chi connectivity index (χ3n) is 5.53. The standard InChI is InChI=1S/C17H34N2O/c1-3-19-12-8-9-16(19)13-18(2)14-17(15-20)10-6-4-5-7-11-17/h16,20H,3-15H2,1-2H3. The van der Waals surface area contributed by atoms with Crippen molar-refractivity contribution < 1.29 is 5.11 Å². The van der Waals surface area contributed by atoms with Gasteiger partial charge in [0.25, 0.3) is 0 Å². The summed E-state index contributed by atoms with van der Waals surface area (Å²) < 4.78 is 0. The summed E-state index contributed by atoms with van der Waals surface area (Å²) in [6, 6.07) is 0.742. The zero-order valence-electron chi connectivity index (χ0n) is 13.6. The zero-order valence-corrected chi connectivity index (χ0v) is 13.6. The lowest BCUT2D eigenvalue weighted by Gasteiger charge is -2.37. The predicted molar refractivity (Wildman–Crippen MR) is 85.0 cm³/mol. The van der Waals surface area contributed by atoms with E-state index in [1.54, 1.807) is 0 Å². The normalized spacial score (nSPS) is 27.9. The van der Waals surface area contributed by atoms with Gasteiger partial charge < -0.3 is 10.0 Å². The second-order valence-electron chi connectivity index (χ2n) is 7.19. The van der Waals surface area contributed by atoms with Gasteiger partial charge in [0, 0.05) is 31.2 Å². The number of rotatable bonds is 6. The van der Waals surface area contributed by atoms with Crippen LogP contribution in [0.2, 0.25) is 0 Å². The molecule has 20 heavy (non-hydrogen) atoms. The minimum absolute atomic E-state index is 0.181. The molecule has 118 valence electrons. The van der Waals surface area contributed by atoms with E-state index in [1.807, 2.05) is 0 Å². The Hall–Kier alpha value is -0.120. The molecule has 0 aromatic heterocycles. The minimum atomic E-state index is 0.181. The highest BCUT2D eigenvalue weighted by Crippen LogP contribution is 2.35. The van der Waals surface area contributed by atoms with E-state index >= 15 is 0 Å². The second kappa shape index (κ2) is 7.77. The molecule has 3 heteroatoms. The monoisotopic (exact) mass is 282 g/mol. The lowest BCUT2D eigenvalue weighted by molar-refractivity contribution is 0.0599. The number of likely N-dealkylation sites (tertiary alicyclic amines) is 1. The molecule has 2 aliphatic rings. The molecule has 2 rings (SSSR count). The molecule has 0 aromatic rings. The van der Waals surface area contributed by atoms with Crippen LogP contribution in [0.5, 0.6) is 0 Å². The maximum absolute atomic E-state index is 9.94. The molecule has 1 aliphatic heterocycles. The van der Waals surface area contributed by atoms with Gasteiger partial charge in [-0.15, -0.1) is 0 Å². The van der Waals surface area contributed by atoms with Gasteiger partial charge in [-0.25, -0.2) is 0 Å². The fourth-order valence-corrected chi connectivity index (χ4v) is 4.36. The maximum atomic E-state index is 9.94. The molecule has 0 bridgehead atoms. The van der Waals surface area contributed by atoms with Gasteiger partial charge in [-0.05, 0) is 45.8 Å². The van der Waals surface area contributed by atoms with E-state index in [-0.39, 0.29) is 5.41 Å². The molecule has 1 heterocycles. The van der Waals surface area contributed by atoms with Crippen molar-refractivity contribution in [1.82, 2.24) is 9.80 Å². The van der Waals surface area contributed by atoms with Crippen molar-refractivity contribution in [2.45, 2.75) is 64.3 Å². The smallest absolute Gasteiger partial charge is 0.0499 e. The van der Waals surface area contributed by atoms with Gasteiger partial charge in [-0.1, -0.05) is 32.6 Å². The highest BCUT2D eigenvalue weighted by Gasteiger charge is 2.33. The molecule has 2 fully saturated rings. The first-order valence-electron chi connectivity index (χ1n) is 8.72. The van der Waals surface area contributed by atoms with Crippen LogP contribution in [-0.2, 0) is 0 Å². The van der Waals surface area contributed by atoms with Crippen molar-refractivity contribution in [2.75, 3.05) is 39.8 Å². The number of nitrogens with zero attached hydrogens (tertiary/aromatic N) is 2. The summed E-state index contributed by atoms with van der Waals surface area (Å²) in [5.41, 5.74) is 0.181. The van der Waals surface area contributed by atoms with Gasteiger partial charge in [-0.2, -0.15) is 0 Å². The van der Waals surface area contributed by atoms with Crippen LogP contribution in [0.1, 0.15) is 58.3 Å². The molecule has 1 N–H and O–H groups in total. The Labute approximate surface area is 125 Å². The quantitative estimate of drug-likeness (QED) is 0.759. The van der Waals surface area contributed by atoms with Crippen LogP contribution >= 0.6 is 0 Å². The molecule has 1 saturated heterocycles. The largest absolute Gasteiger partial charge is 0.396 e. The van der Waals surface area contributed by atoms with Gasteiger partial charge >= 0.3 is 0 Å². The SMILES string of the molecule is CCN1CCCC1CN(C)CC1(CO)CCCCCC1. The van der Waals surface area contributed by atoms with Gasteiger partial charge in [0.05, 0.1) is 0 Å². The highest BCUT2D eigenvalue weighted by molar-refractivity contribution is 4.86. The molecule has 0 radical (unpaired) electrons. The average Bonchev–Trinajstić information content (AvgIpc) is 2.75. The first-order chi connectivity index (χ1) is 9.69. The van der Waals surface area contributed by atoms with Gasteiger partial charge in [0.2, 0.25) is 0 Å². The topological polar surface area (TPSA) is 26.7 Å². The zero-order chi connectivity index (χ0) is 14.4. The Morgan fingerprint density at radius 3 is 2.45 bits per heavy atom. The van der Waals surface area contributed by atoms with Crippen molar-refractivity contribution in [1.29, 1.82) is 0 Å². The molecular weight excluding hydrogens is 248 g/mol. The van der Waals surface area contributed by atoms with Gasteiger partial charge in [-0.3, -0.25) is 4.90 Å². The van der Waals surface area contributed by atoms with Crippen LogP contribution in [-0.4, -0.2) is 60.8 Å². The molecular formula is C17H34N2O. The van der Waals surface area contributed by atoms with E-state index in [9.17, 15) is 5.11 Å². The lowest BCUT2D eigenvalue weighted by atomic mass is 9.80. The third-order valence-corrected chi connectivity index (χ3v) is 5.53. The summed E-state index contributed by atoms with van der Waals surface area (Å²) in [5.74, 6) is 0. The predicted octanol–water partition coefficient (Wildman–Crippen LogP) is 2.74. The summed E-state index contributed by atoms with van der Waals surface area (Å²) in [4.78, 5) is 5.12. The van der Waals surface area contributed by atoms with E-state index in [4.69, 9.17) is 0 Å². The number of aliphatic hydroxyl groups excluding tert-OH is 1. The van der Waals surface area contributed by atoms with Crippen LogP contribution in [0.3, 0.4) is 0 Å². The summed E-state index contributed by atoms with van der Waals surface area (Å²) >= 11 is 0. The number of hydrogen-bond acceptors (Lipinski definition) is 3. The van der Waals surface area contributed by atoms with Crippen LogP contribution in [0, 0.1) is 5.41 Å². The Balaban J connectivity index is 1.86. The van der Waals surface area contributed by atoms with Gasteiger partial charge in [0.1, 0.15) is 0 Å². The summed E-state index contributed by atoms with van der Waals surface area (Å²) in [5, 5.41) is 9.94.